The van der Waals surface area contributed by atoms with Crippen molar-refractivity contribution in [3.05, 3.63) is 65.6 Å². The molecule has 1 aliphatic heterocycles. The van der Waals surface area contributed by atoms with Gasteiger partial charge in [-0.05, 0) is 61.1 Å². The monoisotopic (exact) mass is 489 g/mol. The molecule has 2 amide bonds. The Morgan fingerprint density at radius 1 is 1.29 bits per heavy atom. The average Bonchev–Trinajstić information content (AvgIpc) is 3.29. The quantitative estimate of drug-likeness (QED) is 0.337. The predicted octanol–water partition coefficient (Wildman–Crippen LogP) is 2.96. The molecule has 1 saturated heterocycles. The fourth-order valence-corrected chi connectivity index (χ4v) is 4.03. The van der Waals surface area contributed by atoms with Crippen LogP contribution in [-0.4, -0.2) is 73.3 Å². The molecule has 1 aromatic carbocycles. The zero-order valence-electron chi connectivity index (χ0n) is 20.2. The van der Waals surface area contributed by atoms with Crippen molar-refractivity contribution in [3.63, 3.8) is 0 Å². The van der Waals surface area contributed by atoms with Crippen molar-refractivity contribution < 1.29 is 28.9 Å². The minimum Gasteiger partial charge on any atom is -0.497 e. The molecule has 1 heterocycles. The molecule has 0 saturated carbocycles. The minimum absolute atomic E-state index is 0.357. The highest BCUT2D eigenvalue weighted by molar-refractivity contribution is 5.75. The number of alkyl halides is 1. The van der Waals surface area contributed by atoms with Crippen LogP contribution in [0.5, 0.6) is 5.75 Å². The number of allylic oxidation sites excluding steroid dienone is 4. The van der Waals surface area contributed by atoms with Gasteiger partial charge in [0.1, 0.15) is 17.6 Å². The minimum atomic E-state index is -0.964. The standard InChI is InChI=1S/C26H36FN3O5/c1-34-22-8-4-19(5-9-22)16-28-26(33)29-24(18-30-14-12-21(31)17-30)25(32)20-6-10-23(11-7-20)35-15-3-2-13-27/h4,6-11,16,21,24-25,31-32H,2-3,5,12-15,17-18H2,1H3,(H2,28,29,33)/b19-16-/t21-,24-,25-/m1/s1. The summed E-state index contributed by atoms with van der Waals surface area (Å²) in [5.41, 5.74) is 1.56. The van der Waals surface area contributed by atoms with Crippen molar-refractivity contribution in [2.75, 3.05) is 40.0 Å². The van der Waals surface area contributed by atoms with Gasteiger partial charge in [-0.25, -0.2) is 4.79 Å². The molecule has 0 radical (unpaired) electrons. The molecule has 0 spiro atoms. The number of aliphatic hydroxyl groups excluding tert-OH is 2. The van der Waals surface area contributed by atoms with Crippen molar-refractivity contribution in [1.29, 1.82) is 0 Å². The number of amides is 2. The summed E-state index contributed by atoms with van der Waals surface area (Å²) in [5.74, 6) is 1.42. The van der Waals surface area contributed by atoms with Crippen molar-refractivity contribution in [1.82, 2.24) is 15.5 Å². The number of β-amino-alcohol motifs (C(OH)–C–C–N with tert-alkyl or cyclic N) is 1. The highest BCUT2D eigenvalue weighted by Crippen LogP contribution is 2.23. The van der Waals surface area contributed by atoms with Crippen molar-refractivity contribution >= 4 is 6.03 Å². The zero-order valence-corrected chi connectivity index (χ0v) is 20.2. The Kier molecular flexibility index (Phi) is 10.6. The number of hydrogen-bond donors (Lipinski definition) is 4. The van der Waals surface area contributed by atoms with Gasteiger partial charge >= 0.3 is 6.03 Å². The molecule has 8 nitrogen and oxygen atoms in total. The van der Waals surface area contributed by atoms with Crippen LogP contribution in [0, 0.1) is 0 Å². The van der Waals surface area contributed by atoms with E-state index in [-0.39, 0.29) is 6.67 Å². The first kappa shape index (κ1) is 26.7. The van der Waals surface area contributed by atoms with Crippen LogP contribution in [0.15, 0.2) is 60.0 Å². The number of rotatable bonds is 12. The van der Waals surface area contributed by atoms with Crippen molar-refractivity contribution in [3.8, 4) is 5.75 Å². The first-order valence-corrected chi connectivity index (χ1v) is 12.0. The van der Waals surface area contributed by atoms with Crippen LogP contribution >= 0.6 is 0 Å². The number of carbonyl (C=O) groups excluding carboxylic acids is 1. The summed E-state index contributed by atoms with van der Waals surface area (Å²) in [7, 11) is 1.61. The first-order chi connectivity index (χ1) is 17.0. The van der Waals surface area contributed by atoms with Crippen LogP contribution in [0.25, 0.3) is 0 Å². The van der Waals surface area contributed by atoms with E-state index in [0.717, 1.165) is 11.3 Å². The molecule has 9 heteroatoms. The number of ether oxygens (including phenoxy) is 2. The Labute approximate surface area is 206 Å². The third kappa shape index (κ3) is 8.69. The SMILES string of the molecule is COC1=CC/C(=C\NC(=O)N[C@H](CN2CC[C@@H](O)C2)[C@H](O)c2ccc(OCCCCF)cc2)C=C1. The van der Waals surface area contributed by atoms with Gasteiger partial charge in [-0.3, -0.25) is 9.29 Å². The lowest BCUT2D eigenvalue weighted by molar-refractivity contribution is 0.104. The molecule has 0 unspecified atom stereocenters. The second-order valence-electron chi connectivity index (χ2n) is 8.75. The van der Waals surface area contributed by atoms with Gasteiger partial charge in [0.25, 0.3) is 0 Å². The number of carbonyl (C=O) groups is 1. The van der Waals surface area contributed by atoms with Gasteiger partial charge in [0.15, 0.2) is 0 Å². The van der Waals surface area contributed by atoms with E-state index < -0.39 is 24.3 Å². The topological polar surface area (TPSA) is 103 Å². The molecule has 4 N–H and O–H groups in total. The molecular weight excluding hydrogens is 453 g/mol. The van der Waals surface area contributed by atoms with E-state index in [1.807, 2.05) is 23.1 Å². The number of halogens is 1. The molecule has 1 fully saturated rings. The Morgan fingerprint density at radius 3 is 2.71 bits per heavy atom. The summed E-state index contributed by atoms with van der Waals surface area (Å²) < 4.78 is 23.0. The molecule has 35 heavy (non-hydrogen) atoms. The van der Waals surface area contributed by atoms with Gasteiger partial charge in [-0.1, -0.05) is 18.2 Å². The lowest BCUT2D eigenvalue weighted by Gasteiger charge is -2.28. The number of methoxy groups -OCH3 is 1. The summed E-state index contributed by atoms with van der Waals surface area (Å²) in [6.07, 6.45) is 8.30. The third-order valence-corrected chi connectivity index (χ3v) is 6.04. The number of nitrogens with one attached hydrogen (secondary N) is 2. The highest BCUT2D eigenvalue weighted by Gasteiger charge is 2.29. The number of nitrogens with zero attached hydrogens (tertiary/aromatic N) is 1. The molecule has 3 atom stereocenters. The molecule has 1 aliphatic carbocycles. The smallest absolute Gasteiger partial charge is 0.319 e. The van der Waals surface area contributed by atoms with E-state index in [1.54, 1.807) is 37.6 Å². The van der Waals surface area contributed by atoms with E-state index in [1.165, 1.54) is 0 Å². The summed E-state index contributed by atoms with van der Waals surface area (Å²) in [6.45, 7) is 1.66. The highest BCUT2D eigenvalue weighted by atomic mass is 19.1. The molecule has 0 bridgehead atoms. The first-order valence-electron chi connectivity index (χ1n) is 12.0. The summed E-state index contributed by atoms with van der Waals surface area (Å²) in [5, 5.41) is 26.6. The normalized spacial score (nSPS) is 20.9. The number of aliphatic hydroxyl groups is 2. The van der Waals surface area contributed by atoms with E-state index in [0.29, 0.717) is 63.2 Å². The lowest BCUT2D eigenvalue weighted by Crippen LogP contribution is -2.49. The largest absolute Gasteiger partial charge is 0.497 e. The van der Waals surface area contributed by atoms with Crippen LogP contribution in [0.2, 0.25) is 0 Å². The van der Waals surface area contributed by atoms with Crippen molar-refractivity contribution in [2.45, 2.75) is 43.9 Å². The Bertz CT molecular complexity index is 903. The molecule has 2 aliphatic rings. The maximum absolute atomic E-state index is 12.7. The number of benzene rings is 1. The molecular formula is C26H36FN3O5. The van der Waals surface area contributed by atoms with Crippen LogP contribution in [0.1, 0.15) is 37.4 Å². The lowest BCUT2D eigenvalue weighted by atomic mass is 10.0. The predicted molar refractivity (Wildman–Crippen MR) is 132 cm³/mol. The fourth-order valence-electron chi connectivity index (χ4n) is 4.03. The van der Waals surface area contributed by atoms with Gasteiger partial charge in [-0.2, -0.15) is 0 Å². The second kappa shape index (κ2) is 13.9. The number of hydrogen-bond acceptors (Lipinski definition) is 6. The maximum Gasteiger partial charge on any atom is 0.319 e. The van der Waals surface area contributed by atoms with Crippen LogP contribution in [-0.2, 0) is 4.74 Å². The number of unbranched alkanes of at least 4 members (excludes halogenated alkanes) is 1. The van der Waals surface area contributed by atoms with Crippen LogP contribution < -0.4 is 15.4 Å². The van der Waals surface area contributed by atoms with Crippen molar-refractivity contribution in [2.24, 2.45) is 0 Å². The van der Waals surface area contributed by atoms with E-state index in [9.17, 15) is 19.4 Å². The molecule has 0 aromatic heterocycles. The Hall–Kier alpha value is -2.88. The van der Waals surface area contributed by atoms with Gasteiger partial charge in [-0.15, -0.1) is 0 Å². The van der Waals surface area contributed by atoms with E-state index in [4.69, 9.17) is 9.47 Å². The third-order valence-electron chi connectivity index (χ3n) is 6.04. The second-order valence-corrected chi connectivity index (χ2v) is 8.75. The maximum atomic E-state index is 12.7. The Morgan fingerprint density at radius 2 is 2.09 bits per heavy atom. The number of urea groups is 1. The van der Waals surface area contributed by atoms with E-state index in [2.05, 4.69) is 10.6 Å². The van der Waals surface area contributed by atoms with Gasteiger partial charge in [0.05, 0.1) is 32.5 Å². The fraction of sp³-hybridized carbons (Fsp3) is 0.500. The van der Waals surface area contributed by atoms with Gasteiger partial charge in [0, 0.05) is 25.8 Å². The van der Waals surface area contributed by atoms with E-state index >= 15 is 0 Å². The summed E-state index contributed by atoms with van der Waals surface area (Å²) in [4.78, 5) is 14.7. The van der Waals surface area contributed by atoms with Crippen LogP contribution in [0.4, 0.5) is 9.18 Å². The summed E-state index contributed by atoms with van der Waals surface area (Å²) >= 11 is 0. The summed E-state index contributed by atoms with van der Waals surface area (Å²) in [6, 6.07) is 6.00. The zero-order chi connectivity index (χ0) is 25.0. The molecule has 3 rings (SSSR count). The molecule has 192 valence electrons. The Balaban J connectivity index is 1.61. The van der Waals surface area contributed by atoms with Gasteiger partial charge in [0.2, 0.25) is 0 Å². The number of likely N-dealkylation sites (tertiary alicyclic amines) is 1. The molecule has 1 aromatic rings. The average molecular weight is 490 g/mol. The van der Waals surface area contributed by atoms with Gasteiger partial charge < -0.3 is 30.3 Å². The van der Waals surface area contributed by atoms with Crippen LogP contribution in [0.3, 0.4) is 0 Å².